The van der Waals surface area contributed by atoms with Gasteiger partial charge in [-0.15, -0.1) is 0 Å². The molecule has 54 valence electrons. The van der Waals surface area contributed by atoms with Gasteiger partial charge in [0.2, 0.25) is 0 Å². The van der Waals surface area contributed by atoms with Crippen LogP contribution in [-0.4, -0.2) is 38.3 Å². The van der Waals surface area contributed by atoms with Gasteiger partial charge in [-0.3, -0.25) is 0 Å². The van der Waals surface area contributed by atoms with Crippen molar-refractivity contribution in [3.63, 3.8) is 0 Å². The Balaban J connectivity index is 1.81. The lowest BCUT2D eigenvalue weighted by Crippen LogP contribution is -2.13. The summed E-state index contributed by atoms with van der Waals surface area (Å²) in [6.07, 6.45) is 3.14. The first-order valence-corrected chi connectivity index (χ1v) is 3.55. The van der Waals surface area contributed by atoms with Crippen LogP contribution in [0.3, 0.4) is 0 Å². The summed E-state index contributed by atoms with van der Waals surface area (Å²) < 4.78 is 5.07. The van der Waals surface area contributed by atoms with Gasteiger partial charge in [-0.25, -0.2) is 0 Å². The normalized spacial score (nSPS) is 25.0. The van der Waals surface area contributed by atoms with Gasteiger partial charge in [0.05, 0.1) is 12.7 Å². The molecule has 0 aliphatic carbocycles. The molecule has 0 spiro atoms. The fraction of sp³-hybridized carbons (Fsp3) is 1.00. The summed E-state index contributed by atoms with van der Waals surface area (Å²) >= 11 is 0. The molecule has 0 aromatic heterocycles. The van der Waals surface area contributed by atoms with E-state index >= 15 is 0 Å². The largest absolute Gasteiger partial charge is 0.373 e. The lowest BCUT2D eigenvalue weighted by Gasteiger charge is -2.06. The average molecular weight is 129 g/mol. The summed E-state index contributed by atoms with van der Waals surface area (Å²) in [6.45, 7) is 2.20. The van der Waals surface area contributed by atoms with Crippen LogP contribution in [0, 0.1) is 0 Å². The van der Waals surface area contributed by atoms with Crippen LogP contribution >= 0.6 is 0 Å². The summed E-state index contributed by atoms with van der Waals surface area (Å²) in [4.78, 5) is 2.21. The third kappa shape index (κ3) is 3.49. The van der Waals surface area contributed by atoms with E-state index in [1.165, 1.54) is 19.4 Å². The van der Waals surface area contributed by atoms with Crippen molar-refractivity contribution in [1.82, 2.24) is 4.90 Å². The summed E-state index contributed by atoms with van der Waals surface area (Å²) in [5.41, 5.74) is 0. The SMILES string of the molecule is CN(C)CCCC1CO1. The Morgan fingerprint density at radius 3 is 2.67 bits per heavy atom. The first-order chi connectivity index (χ1) is 4.29. The van der Waals surface area contributed by atoms with Gasteiger partial charge in [0.25, 0.3) is 0 Å². The van der Waals surface area contributed by atoms with Crippen LogP contribution in [0.5, 0.6) is 0 Å². The van der Waals surface area contributed by atoms with Gasteiger partial charge in [0.15, 0.2) is 0 Å². The van der Waals surface area contributed by atoms with Gasteiger partial charge >= 0.3 is 0 Å². The van der Waals surface area contributed by atoms with Gasteiger partial charge < -0.3 is 9.64 Å². The molecule has 0 saturated carbocycles. The van der Waals surface area contributed by atoms with Crippen molar-refractivity contribution in [2.24, 2.45) is 0 Å². The van der Waals surface area contributed by atoms with Crippen molar-refractivity contribution in [3.05, 3.63) is 0 Å². The number of nitrogens with zero attached hydrogens (tertiary/aromatic N) is 1. The van der Waals surface area contributed by atoms with Gasteiger partial charge in [-0.2, -0.15) is 0 Å². The molecule has 0 bridgehead atoms. The zero-order valence-electron chi connectivity index (χ0n) is 6.26. The molecule has 1 rings (SSSR count). The van der Waals surface area contributed by atoms with E-state index in [-0.39, 0.29) is 0 Å². The molecule has 0 N–H and O–H groups in total. The molecule has 1 aliphatic heterocycles. The van der Waals surface area contributed by atoms with Crippen LogP contribution in [0.2, 0.25) is 0 Å². The van der Waals surface area contributed by atoms with Gasteiger partial charge in [-0.05, 0) is 33.5 Å². The zero-order valence-corrected chi connectivity index (χ0v) is 6.26. The van der Waals surface area contributed by atoms with Gasteiger partial charge in [0.1, 0.15) is 0 Å². The van der Waals surface area contributed by atoms with E-state index in [0.29, 0.717) is 6.10 Å². The number of hydrogen-bond donors (Lipinski definition) is 0. The second-order valence-corrected chi connectivity index (χ2v) is 2.90. The minimum Gasteiger partial charge on any atom is -0.373 e. The van der Waals surface area contributed by atoms with Crippen LogP contribution in [0.15, 0.2) is 0 Å². The number of epoxide rings is 1. The molecule has 1 atom stereocenters. The topological polar surface area (TPSA) is 15.8 Å². The first kappa shape index (κ1) is 7.03. The molecule has 0 amide bonds. The molecule has 2 nitrogen and oxygen atoms in total. The Hall–Kier alpha value is -0.0800. The molecule has 1 unspecified atom stereocenters. The van der Waals surface area contributed by atoms with E-state index in [1.54, 1.807) is 0 Å². The highest BCUT2D eigenvalue weighted by atomic mass is 16.6. The number of rotatable bonds is 4. The molecule has 1 aliphatic rings. The highest BCUT2D eigenvalue weighted by molar-refractivity contribution is 4.68. The van der Waals surface area contributed by atoms with Crippen LogP contribution in [0.1, 0.15) is 12.8 Å². The summed E-state index contributed by atoms with van der Waals surface area (Å²) in [6, 6.07) is 0. The van der Waals surface area contributed by atoms with E-state index in [1.807, 2.05) is 0 Å². The summed E-state index contributed by atoms with van der Waals surface area (Å²) in [5.74, 6) is 0. The van der Waals surface area contributed by atoms with Crippen LogP contribution in [0.25, 0.3) is 0 Å². The molecule has 0 aromatic carbocycles. The smallest absolute Gasteiger partial charge is 0.0810 e. The molecular formula is C7H15NO. The van der Waals surface area contributed by atoms with E-state index < -0.39 is 0 Å². The summed E-state index contributed by atoms with van der Waals surface area (Å²) in [5, 5.41) is 0. The van der Waals surface area contributed by atoms with Crippen molar-refractivity contribution < 1.29 is 4.74 Å². The van der Waals surface area contributed by atoms with Crippen molar-refractivity contribution in [3.8, 4) is 0 Å². The lowest BCUT2D eigenvalue weighted by molar-refractivity contribution is 0.355. The fourth-order valence-electron chi connectivity index (χ4n) is 0.870. The molecule has 2 heteroatoms. The highest BCUT2D eigenvalue weighted by Gasteiger charge is 2.20. The van der Waals surface area contributed by atoms with Crippen molar-refractivity contribution >= 4 is 0 Å². The Kier molecular flexibility index (Phi) is 2.49. The predicted molar refractivity (Wildman–Crippen MR) is 37.5 cm³/mol. The van der Waals surface area contributed by atoms with Crippen LogP contribution in [-0.2, 0) is 4.74 Å². The highest BCUT2D eigenvalue weighted by Crippen LogP contribution is 2.14. The minimum absolute atomic E-state index is 0.616. The molecule has 1 fully saturated rings. The second kappa shape index (κ2) is 3.18. The molecule has 0 aromatic rings. The second-order valence-electron chi connectivity index (χ2n) is 2.90. The Labute approximate surface area is 56.8 Å². The first-order valence-electron chi connectivity index (χ1n) is 3.55. The Morgan fingerprint density at radius 1 is 1.56 bits per heavy atom. The molecule has 1 saturated heterocycles. The monoisotopic (exact) mass is 129 g/mol. The maximum absolute atomic E-state index is 5.07. The Bertz CT molecular complexity index is 77.0. The predicted octanol–water partition coefficient (Wildman–Crippen LogP) is 0.727. The third-order valence-electron chi connectivity index (χ3n) is 1.53. The van der Waals surface area contributed by atoms with Gasteiger partial charge in [-0.1, -0.05) is 0 Å². The standard InChI is InChI=1S/C7H15NO/c1-8(2)5-3-4-7-6-9-7/h7H,3-6H2,1-2H3. The maximum atomic E-state index is 5.07. The Morgan fingerprint density at radius 2 is 2.22 bits per heavy atom. The molecular weight excluding hydrogens is 114 g/mol. The zero-order chi connectivity index (χ0) is 6.69. The van der Waals surface area contributed by atoms with E-state index in [0.717, 1.165) is 6.61 Å². The summed E-state index contributed by atoms with van der Waals surface area (Å²) in [7, 11) is 4.21. The maximum Gasteiger partial charge on any atom is 0.0810 e. The lowest BCUT2D eigenvalue weighted by atomic mass is 10.2. The average Bonchev–Trinajstić information content (AvgIpc) is 2.48. The van der Waals surface area contributed by atoms with E-state index in [4.69, 9.17) is 4.74 Å². The molecule has 1 heterocycles. The van der Waals surface area contributed by atoms with Crippen molar-refractivity contribution in [1.29, 1.82) is 0 Å². The van der Waals surface area contributed by atoms with Gasteiger partial charge in [0, 0.05) is 0 Å². The van der Waals surface area contributed by atoms with Crippen molar-refractivity contribution in [2.45, 2.75) is 18.9 Å². The number of hydrogen-bond acceptors (Lipinski definition) is 2. The number of ether oxygens (including phenoxy) is 1. The van der Waals surface area contributed by atoms with Crippen LogP contribution in [0.4, 0.5) is 0 Å². The quantitative estimate of drug-likeness (QED) is 0.520. The minimum atomic E-state index is 0.616. The molecule has 9 heavy (non-hydrogen) atoms. The van der Waals surface area contributed by atoms with Crippen LogP contribution < -0.4 is 0 Å². The van der Waals surface area contributed by atoms with E-state index in [2.05, 4.69) is 19.0 Å². The van der Waals surface area contributed by atoms with Crippen molar-refractivity contribution in [2.75, 3.05) is 27.2 Å². The third-order valence-corrected chi connectivity index (χ3v) is 1.53. The fourth-order valence-corrected chi connectivity index (χ4v) is 0.870. The van der Waals surface area contributed by atoms with E-state index in [9.17, 15) is 0 Å². The molecule has 0 radical (unpaired) electrons.